The topological polar surface area (TPSA) is 67.2 Å². The van der Waals surface area contributed by atoms with Gasteiger partial charge in [0.25, 0.3) is 0 Å². The lowest BCUT2D eigenvalue weighted by Crippen LogP contribution is -2.28. The van der Waals surface area contributed by atoms with Gasteiger partial charge in [0, 0.05) is 6.54 Å². The van der Waals surface area contributed by atoms with Crippen LogP contribution in [0.15, 0.2) is 18.2 Å². The Hall–Kier alpha value is -1.78. The van der Waals surface area contributed by atoms with Gasteiger partial charge >= 0.3 is 6.03 Å². The number of halogens is 1. The number of nitrogens with two attached hydrogens (primary N) is 1. The molecule has 0 saturated carbocycles. The molecule has 0 radical (unpaired) electrons. The zero-order valence-corrected chi connectivity index (χ0v) is 7.80. The van der Waals surface area contributed by atoms with E-state index in [1.807, 2.05) is 0 Å². The van der Waals surface area contributed by atoms with Crippen molar-refractivity contribution in [3.8, 4) is 0 Å². The normalized spacial score (nSPS) is 9.57. The monoisotopic (exact) mass is 197 g/mol. The summed E-state index contributed by atoms with van der Waals surface area (Å²) >= 11 is 0. The molecule has 0 aliphatic carbocycles. The Kier molecular flexibility index (Phi) is 3.28. The number of urea groups is 1. The molecule has 4 nitrogen and oxygen atoms in total. The fraction of sp³-hybridized carbons (Fsp3) is 0.222. The minimum absolute atomic E-state index is 0.205. The summed E-state index contributed by atoms with van der Waals surface area (Å²) < 4.78 is 12.6. The van der Waals surface area contributed by atoms with Crippen molar-refractivity contribution in [3.05, 3.63) is 24.0 Å². The van der Waals surface area contributed by atoms with Gasteiger partial charge in [-0.25, -0.2) is 9.18 Å². The highest BCUT2D eigenvalue weighted by atomic mass is 19.1. The fourth-order valence-electron chi connectivity index (χ4n) is 0.974. The number of amides is 2. The van der Waals surface area contributed by atoms with Gasteiger partial charge in [0.1, 0.15) is 5.82 Å². The van der Waals surface area contributed by atoms with Crippen LogP contribution in [0.25, 0.3) is 0 Å². The molecule has 0 aromatic heterocycles. The van der Waals surface area contributed by atoms with Crippen molar-refractivity contribution in [1.29, 1.82) is 0 Å². The van der Waals surface area contributed by atoms with Crippen LogP contribution >= 0.6 is 0 Å². The van der Waals surface area contributed by atoms with Crippen molar-refractivity contribution in [1.82, 2.24) is 5.32 Å². The van der Waals surface area contributed by atoms with E-state index in [0.717, 1.165) is 6.07 Å². The lowest BCUT2D eigenvalue weighted by Gasteiger charge is -2.08. The first-order valence-electron chi connectivity index (χ1n) is 4.23. The first kappa shape index (κ1) is 10.3. The average Bonchev–Trinajstić information content (AvgIpc) is 2.10. The molecule has 0 spiro atoms. The number of benzene rings is 1. The van der Waals surface area contributed by atoms with Gasteiger partial charge in [-0.15, -0.1) is 0 Å². The summed E-state index contributed by atoms with van der Waals surface area (Å²) in [5, 5.41) is 5.03. The van der Waals surface area contributed by atoms with Gasteiger partial charge in [0.05, 0.1) is 11.4 Å². The van der Waals surface area contributed by atoms with E-state index in [4.69, 9.17) is 5.73 Å². The summed E-state index contributed by atoms with van der Waals surface area (Å²) in [5.41, 5.74) is 6.09. The van der Waals surface area contributed by atoms with Crippen molar-refractivity contribution >= 4 is 17.4 Å². The lowest BCUT2D eigenvalue weighted by molar-refractivity contribution is 0.252. The Balaban J connectivity index is 2.72. The first-order valence-corrected chi connectivity index (χ1v) is 4.23. The molecule has 0 fully saturated rings. The van der Waals surface area contributed by atoms with E-state index >= 15 is 0 Å². The highest BCUT2D eigenvalue weighted by Crippen LogP contribution is 2.18. The number of hydrogen-bond donors (Lipinski definition) is 3. The van der Waals surface area contributed by atoms with Crippen LogP contribution < -0.4 is 16.4 Å². The average molecular weight is 197 g/mol. The van der Waals surface area contributed by atoms with Crippen molar-refractivity contribution in [2.45, 2.75) is 6.92 Å². The molecule has 0 bridgehead atoms. The Bertz CT molecular complexity index is 341. The molecular formula is C9H12FN3O. The molecular weight excluding hydrogens is 185 g/mol. The Morgan fingerprint density at radius 2 is 2.29 bits per heavy atom. The van der Waals surface area contributed by atoms with Crippen LogP contribution in [0.3, 0.4) is 0 Å². The number of hydrogen-bond acceptors (Lipinski definition) is 2. The molecule has 0 atom stereocenters. The second kappa shape index (κ2) is 4.45. The van der Waals surface area contributed by atoms with Crippen molar-refractivity contribution in [2.75, 3.05) is 17.6 Å². The van der Waals surface area contributed by atoms with Crippen molar-refractivity contribution in [3.63, 3.8) is 0 Å². The van der Waals surface area contributed by atoms with Crippen LogP contribution in [-0.2, 0) is 0 Å². The summed E-state index contributed by atoms with van der Waals surface area (Å²) in [6, 6.07) is 3.45. The van der Waals surface area contributed by atoms with Gasteiger partial charge in [-0.05, 0) is 25.1 Å². The van der Waals surface area contributed by atoms with Gasteiger partial charge in [0.2, 0.25) is 0 Å². The summed E-state index contributed by atoms with van der Waals surface area (Å²) in [4.78, 5) is 11.1. The molecule has 0 aliphatic rings. The molecule has 5 heteroatoms. The zero-order valence-electron chi connectivity index (χ0n) is 7.80. The number of carbonyl (C=O) groups excluding carboxylic acids is 1. The third kappa shape index (κ3) is 2.62. The summed E-state index contributed by atoms with van der Waals surface area (Å²) in [7, 11) is 0. The van der Waals surface area contributed by atoms with Crippen LogP contribution in [0.5, 0.6) is 0 Å². The highest BCUT2D eigenvalue weighted by Gasteiger charge is 2.03. The van der Waals surface area contributed by atoms with Crippen LogP contribution in [0.1, 0.15) is 6.92 Å². The molecule has 0 heterocycles. The molecule has 0 unspecified atom stereocenters. The molecule has 1 rings (SSSR count). The molecule has 2 amide bonds. The van der Waals surface area contributed by atoms with E-state index in [9.17, 15) is 9.18 Å². The molecule has 0 saturated heterocycles. The SMILES string of the molecule is CCNC(=O)Nc1ccc(F)cc1N. The van der Waals surface area contributed by atoms with Crippen LogP contribution in [-0.4, -0.2) is 12.6 Å². The fourth-order valence-corrected chi connectivity index (χ4v) is 0.974. The maximum Gasteiger partial charge on any atom is 0.319 e. The molecule has 14 heavy (non-hydrogen) atoms. The van der Waals surface area contributed by atoms with E-state index < -0.39 is 5.82 Å². The smallest absolute Gasteiger partial charge is 0.319 e. The largest absolute Gasteiger partial charge is 0.397 e. The van der Waals surface area contributed by atoms with Crippen LogP contribution in [0.2, 0.25) is 0 Å². The quantitative estimate of drug-likeness (QED) is 0.629. The number of rotatable bonds is 2. The first-order chi connectivity index (χ1) is 6.63. The van der Waals surface area contributed by atoms with Gasteiger partial charge in [-0.2, -0.15) is 0 Å². The lowest BCUT2D eigenvalue weighted by atomic mass is 10.2. The van der Waals surface area contributed by atoms with Crippen LogP contribution in [0.4, 0.5) is 20.6 Å². The molecule has 1 aromatic carbocycles. The Morgan fingerprint density at radius 1 is 1.57 bits per heavy atom. The number of nitrogens with one attached hydrogen (secondary N) is 2. The van der Waals surface area contributed by atoms with E-state index in [-0.39, 0.29) is 11.7 Å². The number of carbonyl (C=O) groups is 1. The second-order valence-corrected chi connectivity index (χ2v) is 2.72. The van der Waals surface area contributed by atoms with Gasteiger partial charge in [-0.1, -0.05) is 0 Å². The van der Waals surface area contributed by atoms with E-state index in [2.05, 4.69) is 10.6 Å². The van der Waals surface area contributed by atoms with Crippen LogP contribution in [0, 0.1) is 5.82 Å². The third-order valence-corrected chi connectivity index (χ3v) is 1.60. The van der Waals surface area contributed by atoms with Crippen molar-refractivity contribution in [2.24, 2.45) is 0 Å². The summed E-state index contributed by atoms with van der Waals surface area (Å²) in [6.07, 6.45) is 0. The number of nitrogen functional groups attached to an aromatic ring is 1. The summed E-state index contributed by atoms with van der Waals surface area (Å²) in [6.45, 7) is 2.32. The maximum absolute atomic E-state index is 12.6. The minimum atomic E-state index is -0.427. The van der Waals surface area contributed by atoms with Gasteiger partial charge < -0.3 is 16.4 Å². The Morgan fingerprint density at radius 3 is 2.86 bits per heavy atom. The second-order valence-electron chi connectivity index (χ2n) is 2.72. The maximum atomic E-state index is 12.6. The summed E-state index contributed by atoms with van der Waals surface area (Å²) in [5.74, 6) is -0.427. The van der Waals surface area contributed by atoms with Gasteiger partial charge in [0.15, 0.2) is 0 Å². The van der Waals surface area contributed by atoms with E-state index in [1.165, 1.54) is 12.1 Å². The zero-order chi connectivity index (χ0) is 10.6. The predicted molar refractivity (Wildman–Crippen MR) is 53.5 cm³/mol. The number of anilines is 2. The predicted octanol–water partition coefficient (Wildman–Crippen LogP) is 1.55. The standard InChI is InChI=1S/C9H12FN3O/c1-2-12-9(14)13-8-4-3-6(10)5-7(8)11/h3-5H,2,11H2,1H3,(H2,12,13,14). The minimum Gasteiger partial charge on any atom is -0.397 e. The van der Waals surface area contributed by atoms with Gasteiger partial charge in [-0.3, -0.25) is 0 Å². The molecule has 1 aromatic rings. The molecule has 4 N–H and O–H groups in total. The third-order valence-electron chi connectivity index (χ3n) is 1.60. The highest BCUT2D eigenvalue weighted by molar-refractivity contribution is 5.92. The van der Waals surface area contributed by atoms with Crippen molar-refractivity contribution < 1.29 is 9.18 Å². The Labute approximate surface area is 81.3 Å². The molecule has 0 aliphatic heterocycles. The van der Waals surface area contributed by atoms with E-state index in [0.29, 0.717) is 12.2 Å². The molecule has 76 valence electrons. The van der Waals surface area contributed by atoms with E-state index in [1.54, 1.807) is 6.92 Å².